The molecule has 0 radical (unpaired) electrons. The molecule has 4 aromatic rings. The minimum absolute atomic E-state index is 0.145. The molecule has 39 heavy (non-hydrogen) atoms. The summed E-state index contributed by atoms with van der Waals surface area (Å²) in [6.07, 6.45) is 5.18. The lowest BCUT2D eigenvalue weighted by Gasteiger charge is -2.17. The molecule has 0 aliphatic rings. The standard InChI is InChI=1S/C30H35N3O6/c1-32(30(35)27-9-7-20-39-27)17-8-18-33-26-21-24(38-19-6-4-5-10-28(34)37-3)15-16-25(26)31-29(33)22-11-13-23(36-2)14-12-22/h7,9,11-16,20-21H,4-6,8,10,17-19H2,1-3H3. The van der Waals surface area contributed by atoms with E-state index in [9.17, 15) is 9.59 Å². The largest absolute Gasteiger partial charge is 0.497 e. The first-order valence-electron chi connectivity index (χ1n) is 13.1. The second-order valence-electron chi connectivity index (χ2n) is 9.26. The van der Waals surface area contributed by atoms with Crippen LogP contribution in [-0.4, -0.2) is 60.7 Å². The summed E-state index contributed by atoms with van der Waals surface area (Å²) in [5.41, 5.74) is 2.80. The third kappa shape index (κ3) is 7.19. The maximum Gasteiger partial charge on any atom is 0.305 e. The quantitative estimate of drug-likeness (QED) is 0.154. The van der Waals surface area contributed by atoms with Gasteiger partial charge >= 0.3 is 5.97 Å². The number of hydrogen-bond acceptors (Lipinski definition) is 7. The van der Waals surface area contributed by atoms with Gasteiger partial charge in [0.15, 0.2) is 5.76 Å². The van der Waals surface area contributed by atoms with Gasteiger partial charge in [0.1, 0.15) is 17.3 Å². The number of amides is 1. The smallest absolute Gasteiger partial charge is 0.305 e. The number of furan rings is 1. The minimum atomic E-state index is -0.182. The Balaban J connectivity index is 1.48. The van der Waals surface area contributed by atoms with Crippen LogP contribution in [0, 0.1) is 0 Å². The van der Waals surface area contributed by atoms with E-state index < -0.39 is 0 Å². The molecule has 0 saturated heterocycles. The molecular formula is C30H35N3O6. The summed E-state index contributed by atoms with van der Waals surface area (Å²) in [4.78, 5) is 30.4. The zero-order valence-corrected chi connectivity index (χ0v) is 22.7. The number of carbonyl (C=O) groups excluding carboxylic acids is 2. The Labute approximate surface area is 228 Å². The molecule has 4 rings (SSSR count). The Kier molecular flexibility index (Phi) is 9.61. The van der Waals surface area contributed by atoms with Gasteiger partial charge in [0.2, 0.25) is 0 Å². The van der Waals surface area contributed by atoms with Crippen molar-refractivity contribution in [2.75, 3.05) is 34.4 Å². The Morgan fingerprint density at radius 1 is 0.974 bits per heavy atom. The topological polar surface area (TPSA) is 96.0 Å². The molecule has 9 heteroatoms. The molecule has 0 atom stereocenters. The van der Waals surface area contributed by atoms with Crippen LogP contribution >= 0.6 is 0 Å². The zero-order chi connectivity index (χ0) is 27.6. The average molecular weight is 534 g/mol. The third-order valence-corrected chi connectivity index (χ3v) is 6.54. The van der Waals surface area contributed by atoms with Gasteiger partial charge in [-0.25, -0.2) is 4.98 Å². The van der Waals surface area contributed by atoms with Crippen molar-refractivity contribution in [1.29, 1.82) is 0 Å². The fourth-order valence-electron chi connectivity index (χ4n) is 4.38. The van der Waals surface area contributed by atoms with Crippen molar-refractivity contribution < 1.29 is 28.2 Å². The molecule has 0 aliphatic carbocycles. The van der Waals surface area contributed by atoms with Crippen LogP contribution in [0.4, 0.5) is 0 Å². The van der Waals surface area contributed by atoms with Crippen molar-refractivity contribution >= 4 is 22.9 Å². The van der Waals surface area contributed by atoms with Gasteiger partial charge in [-0.1, -0.05) is 0 Å². The SMILES string of the molecule is COC(=O)CCCCCOc1ccc2nc(-c3ccc(OC)cc3)n(CCCN(C)C(=O)c3ccco3)c2c1. The van der Waals surface area contributed by atoms with E-state index in [4.69, 9.17) is 18.9 Å². The highest BCUT2D eigenvalue weighted by Gasteiger charge is 2.17. The van der Waals surface area contributed by atoms with Gasteiger partial charge in [0.05, 0.1) is 38.1 Å². The molecule has 206 valence electrons. The second kappa shape index (κ2) is 13.5. The predicted molar refractivity (Wildman–Crippen MR) is 148 cm³/mol. The van der Waals surface area contributed by atoms with Crippen molar-refractivity contribution in [3.8, 4) is 22.9 Å². The molecule has 2 aromatic carbocycles. The Bertz CT molecular complexity index is 1360. The minimum Gasteiger partial charge on any atom is -0.497 e. The number of hydrogen-bond donors (Lipinski definition) is 0. The molecule has 2 heterocycles. The normalized spacial score (nSPS) is 10.9. The van der Waals surface area contributed by atoms with Gasteiger partial charge in [0, 0.05) is 38.2 Å². The Morgan fingerprint density at radius 3 is 2.49 bits per heavy atom. The van der Waals surface area contributed by atoms with E-state index in [1.807, 2.05) is 42.5 Å². The highest BCUT2D eigenvalue weighted by Crippen LogP contribution is 2.29. The monoisotopic (exact) mass is 533 g/mol. The summed E-state index contributed by atoms with van der Waals surface area (Å²) >= 11 is 0. The van der Waals surface area contributed by atoms with Crippen LogP contribution in [0.2, 0.25) is 0 Å². The molecule has 0 saturated carbocycles. The van der Waals surface area contributed by atoms with E-state index in [-0.39, 0.29) is 11.9 Å². The number of aromatic nitrogens is 2. The fourth-order valence-corrected chi connectivity index (χ4v) is 4.38. The maximum atomic E-state index is 12.6. The van der Waals surface area contributed by atoms with E-state index in [0.29, 0.717) is 31.9 Å². The number of esters is 1. The Morgan fingerprint density at radius 2 is 1.77 bits per heavy atom. The third-order valence-electron chi connectivity index (χ3n) is 6.54. The van der Waals surface area contributed by atoms with E-state index >= 15 is 0 Å². The highest BCUT2D eigenvalue weighted by molar-refractivity contribution is 5.91. The summed E-state index contributed by atoms with van der Waals surface area (Å²) in [7, 11) is 4.83. The lowest BCUT2D eigenvalue weighted by Crippen LogP contribution is -2.28. The second-order valence-corrected chi connectivity index (χ2v) is 9.26. The highest BCUT2D eigenvalue weighted by atomic mass is 16.5. The number of benzene rings is 2. The maximum absolute atomic E-state index is 12.6. The number of ether oxygens (including phenoxy) is 3. The van der Waals surface area contributed by atoms with Crippen LogP contribution < -0.4 is 9.47 Å². The number of imidazole rings is 1. The van der Waals surface area contributed by atoms with E-state index in [0.717, 1.165) is 59.6 Å². The summed E-state index contributed by atoms with van der Waals surface area (Å²) in [6.45, 7) is 1.78. The molecule has 2 aromatic heterocycles. The van der Waals surface area contributed by atoms with Gasteiger partial charge < -0.3 is 28.1 Å². The number of unbranched alkanes of at least 4 members (excludes halogenated alkanes) is 2. The molecule has 9 nitrogen and oxygen atoms in total. The average Bonchev–Trinajstić information content (AvgIpc) is 3.63. The summed E-state index contributed by atoms with van der Waals surface area (Å²) in [5.74, 6) is 2.39. The van der Waals surface area contributed by atoms with Crippen molar-refractivity contribution in [3.63, 3.8) is 0 Å². The predicted octanol–water partition coefficient (Wildman–Crippen LogP) is 5.58. The molecular weight excluding hydrogens is 498 g/mol. The molecule has 0 N–H and O–H groups in total. The number of methoxy groups -OCH3 is 2. The molecule has 0 fully saturated rings. The van der Waals surface area contributed by atoms with E-state index in [1.165, 1.54) is 13.4 Å². The fraction of sp³-hybridized carbons (Fsp3) is 0.367. The molecule has 1 amide bonds. The number of carbonyl (C=O) groups is 2. The Hall–Kier alpha value is -4.27. The first-order valence-corrected chi connectivity index (χ1v) is 13.1. The van der Waals surface area contributed by atoms with Gasteiger partial charge in [0.25, 0.3) is 5.91 Å². The lowest BCUT2D eigenvalue weighted by atomic mass is 10.2. The van der Waals surface area contributed by atoms with Crippen molar-refractivity contribution in [1.82, 2.24) is 14.5 Å². The van der Waals surface area contributed by atoms with Crippen molar-refractivity contribution in [2.24, 2.45) is 0 Å². The zero-order valence-electron chi connectivity index (χ0n) is 22.7. The number of rotatable bonds is 14. The molecule has 0 unspecified atom stereocenters. The van der Waals surface area contributed by atoms with Crippen LogP contribution in [0.15, 0.2) is 65.3 Å². The van der Waals surface area contributed by atoms with Crippen molar-refractivity contribution in [2.45, 2.75) is 38.6 Å². The number of fused-ring (bicyclic) bond motifs is 1. The van der Waals surface area contributed by atoms with Crippen molar-refractivity contribution in [3.05, 3.63) is 66.6 Å². The van der Waals surface area contributed by atoms with Gasteiger partial charge in [-0.05, 0) is 74.2 Å². The van der Waals surface area contributed by atoms with Gasteiger partial charge in [-0.2, -0.15) is 0 Å². The molecule has 0 spiro atoms. The summed E-state index contributed by atoms with van der Waals surface area (Å²) in [5, 5.41) is 0. The molecule has 0 bridgehead atoms. The van der Waals surface area contributed by atoms with Crippen LogP contribution in [0.3, 0.4) is 0 Å². The van der Waals surface area contributed by atoms with Gasteiger partial charge in [-0.3, -0.25) is 9.59 Å². The van der Waals surface area contributed by atoms with Crippen LogP contribution in [0.5, 0.6) is 11.5 Å². The lowest BCUT2D eigenvalue weighted by molar-refractivity contribution is -0.140. The molecule has 0 aliphatic heterocycles. The number of aryl methyl sites for hydroxylation is 1. The number of nitrogens with zero attached hydrogens (tertiary/aromatic N) is 3. The first kappa shape index (κ1) is 27.8. The van der Waals surface area contributed by atoms with Gasteiger partial charge in [-0.15, -0.1) is 0 Å². The first-order chi connectivity index (χ1) is 19.0. The van der Waals surface area contributed by atoms with E-state index in [2.05, 4.69) is 9.30 Å². The van der Waals surface area contributed by atoms with Crippen LogP contribution in [0.25, 0.3) is 22.4 Å². The summed E-state index contributed by atoms with van der Waals surface area (Å²) in [6, 6.07) is 17.1. The van der Waals surface area contributed by atoms with Crippen LogP contribution in [0.1, 0.15) is 42.7 Å². The van der Waals surface area contributed by atoms with E-state index in [1.54, 1.807) is 31.2 Å². The summed E-state index contributed by atoms with van der Waals surface area (Å²) < 4.78 is 23.5. The van der Waals surface area contributed by atoms with Crippen LogP contribution in [-0.2, 0) is 16.1 Å².